The van der Waals surface area contributed by atoms with Crippen molar-refractivity contribution in [3.63, 3.8) is 0 Å². The van der Waals surface area contributed by atoms with E-state index >= 15 is 0 Å². The molecule has 2 atom stereocenters. The van der Waals surface area contributed by atoms with Crippen molar-refractivity contribution in [3.8, 4) is 22.6 Å². The van der Waals surface area contributed by atoms with Gasteiger partial charge in [-0.1, -0.05) is 70.1 Å². The van der Waals surface area contributed by atoms with Gasteiger partial charge in [0.1, 0.15) is 11.9 Å². The van der Waals surface area contributed by atoms with Crippen molar-refractivity contribution >= 4 is 11.9 Å². The summed E-state index contributed by atoms with van der Waals surface area (Å²) in [6, 6.07) is 16.1. The number of methoxy groups -OCH3 is 1. The highest BCUT2D eigenvalue weighted by Gasteiger charge is 2.48. The Balaban J connectivity index is 1.51. The molecule has 0 aliphatic rings. The summed E-state index contributed by atoms with van der Waals surface area (Å²) in [5.74, 6) is -2.09. The Kier molecular flexibility index (Phi) is 17.9. The molecule has 51 heavy (non-hydrogen) atoms. The lowest BCUT2D eigenvalue weighted by Gasteiger charge is -2.27. The number of alkyl halides is 3. The molecule has 0 aromatic heterocycles. The number of carbonyl (C=O) groups is 2. The smallest absolute Gasteiger partial charge is 0.428 e. The van der Waals surface area contributed by atoms with E-state index in [1.807, 2.05) is 6.92 Å². The molecule has 2 unspecified atom stereocenters. The highest BCUT2D eigenvalue weighted by atomic mass is 19.4. The summed E-state index contributed by atoms with van der Waals surface area (Å²) in [6.07, 6.45) is 1.61. The molecule has 3 rings (SSSR count). The Morgan fingerprint density at radius 2 is 1.29 bits per heavy atom. The fourth-order valence-corrected chi connectivity index (χ4v) is 5.46. The van der Waals surface area contributed by atoms with E-state index in [4.69, 9.17) is 23.7 Å². The second-order valence-electron chi connectivity index (χ2n) is 12.3. The number of ether oxygens (including phenoxy) is 5. The van der Waals surface area contributed by atoms with E-state index in [0.717, 1.165) is 26.4 Å². The lowest BCUT2D eigenvalue weighted by atomic mass is 10.0. The van der Waals surface area contributed by atoms with Gasteiger partial charge in [0.05, 0.1) is 17.7 Å². The predicted octanol–water partition coefficient (Wildman–Crippen LogP) is 10.5. The maximum absolute atomic E-state index is 14.8. The Morgan fingerprint density at radius 1 is 0.706 bits per heavy atom. The molecule has 0 saturated carbocycles. The predicted molar refractivity (Wildman–Crippen MR) is 188 cm³/mol. The SMILES string of the molecule is CCCCCCCCCCOc1ccc(-c2ccc(C(=O)Oc3ccc(C(=O)OC(C(CCCCOCC)OC)C(F)(F)F)cc3)cc2)cc1F. The molecule has 0 aliphatic carbocycles. The molecule has 3 aromatic rings. The van der Waals surface area contributed by atoms with Gasteiger partial charge in [0.2, 0.25) is 6.10 Å². The average Bonchev–Trinajstić information content (AvgIpc) is 3.12. The number of hydrogen-bond donors (Lipinski definition) is 0. The third-order valence-electron chi connectivity index (χ3n) is 8.37. The second-order valence-corrected chi connectivity index (χ2v) is 12.3. The van der Waals surface area contributed by atoms with E-state index in [0.29, 0.717) is 43.8 Å². The zero-order valence-corrected chi connectivity index (χ0v) is 29.8. The van der Waals surface area contributed by atoms with Crippen LogP contribution in [0.2, 0.25) is 0 Å². The Hall–Kier alpha value is -3.96. The molecule has 0 aliphatic heterocycles. The normalized spacial score (nSPS) is 12.7. The molecular formula is C40H50F4O7. The van der Waals surface area contributed by atoms with Crippen molar-refractivity contribution in [3.05, 3.63) is 83.7 Å². The molecule has 0 saturated heterocycles. The molecule has 0 N–H and O–H groups in total. The lowest BCUT2D eigenvalue weighted by molar-refractivity contribution is -0.234. The fourth-order valence-electron chi connectivity index (χ4n) is 5.46. The quantitative estimate of drug-likeness (QED) is 0.0418. The fraction of sp³-hybridized carbons (Fsp3) is 0.500. The number of rotatable bonds is 23. The van der Waals surface area contributed by atoms with Gasteiger partial charge in [0.15, 0.2) is 11.6 Å². The van der Waals surface area contributed by atoms with Crippen LogP contribution >= 0.6 is 0 Å². The minimum absolute atomic E-state index is 0.0223. The topological polar surface area (TPSA) is 80.3 Å². The second kappa shape index (κ2) is 22.1. The molecule has 280 valence electrons. The third-order valence-corrected chi connectivity index (χ3v) is 8.37. The Bertz CT molecular complexity index is 1460. The molecular weight excluding hydrogens is 668 g/mol. The summed E-state index contributed by atoms with van der Waals surface area (Å²) in [6.45, 7) is 5.41. The molecule has 3 aromatic carbocycles. The average molecular weight is 719 g/mol. The first-order valence-corrected chi connectivity index (χ1v) is 17.8. The van der Waals surface area contributed by atoms with Gasteiger partial charge in [0, 0.05) is 20.3 Å². The van der Waals surface area contributed by atoms with Crippen LogP contribution < -0.4 is 9.47 Å². The molecule has 7 nitrogen and oxygen atoms in total. The first-order valence-electron chi connectivity index (χ1n) is 17.8. The lowest BCUT2D eigenvalue weighted by Crippen LogP contribution is -2.44. The third kappa shape index (κ3) is 14.3. The monoisotopic (exact) mass is 718 g/mol. The van der Waals surface area contributed by atoms with Crippen LogP contribution in [0.5, 0.6) is 11.5 Å². The molecule has 0 fully saturated rings. The maximum atomic E-state index is 14.8. The highest BCUT2D eigenvalue weighted by Crippen LogP contribution is 2.30. The number of halogens is 4. The number of carbonyl (C=O) groups excluding carboxylic acids is 2. The summed E-state index contributed by atoms with van der Waals surface area (Å²) in [4.78, 5) is 25.4. The van der Waals surface area contributed by atoms with Crippen molar-refractivity contribution in [1.29, 1.82) is 0 Å². The van der Waals surface area contributed by atoms with E-state index in [1.54, 1.807) is 24.3 Å². The van der Waals surface area contributed by atoms with Crippen LogP contribution in [-0.2, 0) is 14.2 Å². The Morgan fingerprint density at radius 3 is 1.90 bits per heavy atom. The summed E-state index contributed by atoms with van der Waals surface area (Å²) in [5, 5.41) is 0. The first kappa shape index (κ1) is 41.5. The summed E-state index contributed by atoms with van der Waals surface area (Å²) < 4.78 is 82.4. The number of unbranched alkanes of at least 4 members (excludes halogenated alkanes) is 8. The summed E-state index contributed by atoms with van der Waals surface area (Å²) >= 11 is 0. The van der Waals surface area contributed by atoms with Crippen LogP contribution in [0, 0.1) is 5.82 Å². The van der Waals surface area contributed by atoms with Crippen molar-refractivity contribution in [2.24, 2.45) is 0 Å². The van der Waals surface area contributed by atoms with Gasteiger partial charge < -0.3 is 23.7 Å². The molecule has 0 radical (unpaired) electrons. The minimum Gasteiger partial charge on any atom is -0.491 e. The van der Waals surface area contributed by atoms with Crippen molar-refractivity contribution in [2.45, 2.75) is 103 Å². The van der Waals surface area contributed by atoms with Gasteiger partial charge in [-0.25, -0.2) is 14.0 Å². The zero-order chi connectivity index (χ0) is 37.1. The van der Waals surface area contributed by atoms with Crippen LogP contribution in [0.4, 0.5) is 17.6 Å². The standard InChI is InChI=1S/C40H50F4O7/c1-4-6-7-8-9-10-11-13-27-49-35-25-22-32(28-34(35)41)29-16-18-30(19-17-29)38(45)50-33-23-20-31(21-24-33)39(46)51-37(40(42,43)44)36(47-3)15-12-14-26-48-5-2/h16-25,28,36-37H,4-15,26-27H2,1-3H3. The number of benzene rings is 3. The van der Waals surface area contributed by atoms with E-state index in [1.165, 1.54) is 74.6 Å². The van der Waals surface area contributed by atoms with Crippen molar-refractivity contribution < 1.29 is 50.8 Å². The van der Waals surface area contributed by atoms with Crippen LogP contribution in [-0.4, -0.2) is 57.3 Å². The van der Waals surface area contributed by atoms with Crippen LogP contribution in [0.15, 0.2) is 66.7 Å². The minimum atomic E-state index is -4.85. The zero-order valence-electron chi connectivity index (χ0n) is 29.8. The summed E-state index contributed by atoms with van der Waals surface area (Å²) in [7, 11) is 1.14. The molecule has 0 heterocycles. The van der Waals surface area contributed by atoms with Gasteiger partial charge in [-0.05, 0) is 92.3 Å². The van der Waals surface area contributed by atoms with Crippen LogP contribution in [0.1, 0.15) is 105 Å². The maximum Gasteiger partial charge on any atom is 0.428 e. The first-order chi connectivity index (χ1) is 24.6. The molecule has 0 amide bonds. The molecule has 11 heteroatoms. The van der Waals surface area contributed by atoms with Gasteiger partial charge >= 0.3 is 18.1 Å². The number of hydrogen-bond acceptors (Lipinski definition) is 7. The van der Waals surface area contributed by atoms with E-state index in [-0.39, 0.29) is 29.0 Å². The van der Waals surface area contributed by atoms with E-state index in [9.17, 15) is 27.2 Å². The van der Waals surface area contributed by atoms with Gasteiger partial charge in [-0.2, -0.15) is 13.2 Å². The summed E-state index contributed by atoms with van der Waals surface area (Å²) in [5.41, 5.74) is 1.35. The Labute approximate surface area is 298 Å². The largest absolute Gasteiger partial charge is 0.491 e. The van der Waals surface area contributed by atoms with Gasteiger partial charge in [-0.15, -0.1) is 0 Å². The number of esters is 2. The van der Waals surface area contributed by atoms with E-state index < -0.39 is 36.1 Å². The van der Waals surface area contributed by atoms with Crippen molar-refractivity contribution in [2.75, 3.05) is 26.9 Å². The van der Waals surface area contributed by atoms with Gasteiger partial charge in [-0.3, -0.25) is 0 Å². The van der Waals surface area contributed by atoms with Gasteiger partial charge in [0.25, 0.3) is 0 Å². The van der Waals surface area contributed by atoms with Crippen LogP contribution in [0.25, 0.3) is 11.1 Å². The molecule has 0 spiro atoms. The highest BCUT2D eigenvalue weighted by molar-refractivity contribution is 5.92. The van der Waals surface area contributed by atoms with Crippen LogP contribution in [0.3, 0.4) is 0 Å². The molecule has 0 bridgehead atoms. The van der Waals surface area contributed by atoms with Crippen molar-refractivity contribution in [1.82, 2.24) is 0 Å². The van der Waals surface area contributed by atoms with E-state index in [2.05, 4.69) is 6.92 Å².